The number of amides is 1. The highest BCUT2D eigenvalue weighted by molar-refractivity contribution is 6.39. The normalized spacial score (nSPS) is 10.3. The Bertz CT molecular complexity index is 779. The lowest BCUT2D eigenvalue weighted by molar-refractivity contribution is -0.142. The summed E-state index contributed by atoms with van der Waals surface area (Å²) < 4.78 is 5.21. The van der Waals surface area contributed by atoms with Crippen molar-refractivity contribution in [1.29, 1.82) is 0 Å². The summed E-state index contributed by atoms with van der Waals surface area (Å²) in [7, 11) is 0. The zero-order valence-corrected chi connectivity index (χ0v) is 16.1. The molecule has 0 radical (unpaired) electrons. The molecule has 6 nitrogen and oxygen atoms in total. The number of nitrogens with one attached hydrogen (secondary N) is 2. The van der Waals surface area contributed by atoms with Crippen molar-refractivity contribution < 1.29 is 14.3 Å². The molecule has 0 fully saturated rings. The highest BCUT2D eigenvalue weighted by Gasteiger charge is 2.12. The number of hydrogen-bond acceptors (Lipinski definition) is 5. The van der Waals surface area contributed by atoms with E-state index in [0.29, 0.717) is 28.7 Å². The molecule has 8 heteroatoms. The van der Waals surface area contributed by atoms with Crippen molar-refractivity contribution in [1.82, 2.24) is 5.32 Å². The molecule has 1 amide bonds. The molecule has 0 saturated carbocycles. The van der Waals surface area contributed by atoms with Gasteiger partial charge in [0.2, 0.25) is 5.91 Å². The Balaban J connectivity index is 1.92. The van der Waals surface area contributed by atoms with E-state index in [-0.39, 0.29) is 31.4 Å². The van der Waals surface area contributed by atoms with Crippen LogP contribution in [0.25, 0.3) is 0 Å². The quantitative estimate of drug-likeness (QED) is 0.436. The maximum absolute atomic E-state index is 12.1. The summed E-state index contributed by atoms with van der Waals surface area (Å²) in [5.41, 5.74) is 7.25. The average Bonchev–Trinajstić information content (AvgIpc) is 2.65. The van der Waals surface area contributed by atoms with Crippen LogP contribution in [0.2, 0.25) is 10.0 Å². The molecule has 0 spiro atoms. The second kappa shape index (κ2) is 10.8. The third-order valence-corrected chi connectivity index (χ3v) is 4.30. The molecular weight excluding hydrogens is 389 g/mol. The van der Waals surface area contributed by atoms with E-state index in [1.54, 1.807) is 18.2 Å². The number of benzene rings is 2. The number of carbonyl (C=O) groups is 2. The Morgan fingerprint density at radius 2 is 1.74 bits per heavy atom. The van der Waals surface area contributed by atoms with Gasteiger partial charge < -0.3 is 21.1 Å². The average molecular weight is 410 g/mol. The highest BCUT2D eigenvalue weighted by atomic mass is 35.5. The van der Waals surface area contributed by atoms with Crippen molar-refractivity contribution >= 4 is 46.5 Å². The second-order valence-corrected chi connectivity index (χ2v) is 6.50. The summed E-state index contributed by atoms with van der Waals surface area (Å²) >= 11 is 12.4. The summed E-state index contributed by atoms with van der Waals surface area (Å²) in [6.07, 6.45) is 0.618. The first-order chi connectivity index (χ1) is 13.0. The summed E-state index contributed by atoms with van der Waals surface area (Å²) in [6.45, 7) is 0.571. The topological polar surface area (TPSA) is 93.5 Å². The minimum atomic E-state index is -0.361. The maximum atomic E-state index is 12.1. The van der Waals surface area contributed by atoms with E-state index in [1.807, 2.05) is 24.3 Å². The van der Waals surface area contributed by atoms with Crippen molar-refractivity contribution in [3.63, 3.8) is 0 Å². The number of anilines is 2. The van der Waals surface area contributed by atoms with Crippen LogP contribution in [0.4, 0.5) is 11.4 Å². The monoisotopic (exact) mass is 409 g/mol. The number of carbonyl (C=O) groups excluding carboxylic acids is 2. The third-order valence-electron chi connectivity index (χ3n) is 3.67. The van der Waals surface area contributed by atoms with Crippen LogP contribution in [0.3, 0.4) is 0 Å². The lowest BCUT2D eigenvalue weighted by Crippen LogP contribution is -2.31. The predicted molar refractivity (Wildman–Crippen MR) is 108 cm³/mol. The minimum absolute atomic E-state index is 0.0565. The van der Waals surface area contributed by atoms with Gasteiger partial charge in [-0.2, -0.15) is 0 Å². The molecule has 2 aromatic rings. The number of nitrogens with two attached hydrogens (primary N) is 1. The predicted octanol–water partition coefficient (Wildman–Crippen LogP) is 3.29. The fourth-order valence-electron chi connectivity index (χ4n) is 2.31. The Labute approximate surface area is 168 Å². The van der Waals surface area contributed by atoms with Crippen LogP contribution in [-0.4, -0.2) is 31.6 Å². The van der Waals surface area contributed by atoms with E-state index in [2.05, 4.69) is 10.6 Å². The van der Waals surface area contributed by atoms with Gasteiger partial charge in [-0.1, -0.05) is 47.5 Å². The zero-order valence-electron chi connectivity index (χ0n) is 14.6. The van der Waals surface area contributed by atoms with Crippen molar-refractivity contribution in [3.05, 3.63) is 58.1 Å². The van der Waals surface area contributed by atoms with Crippen molar-refractivity contribution in [3.8, 4) is 0 Å². The summed E-state index contributed by atoms with van der Waals surface area (Å²) in [5, 5.41) is 6.76. The fraction of sp³-hybridized carbons (Fsp3) is 0.263. The first kappa shape index (κ1) is 21.0. The van der Waals surface area contributed by atoms with Gasteiger partial charge in [0.05, 0.1) is 35.3 Å². The van der Waals surface area contributed by atoms with Crippen LogP contribution in [0.1, 0.15) is 12.0 Å². The summed E-state index contributed by atoms with van der Waals surface area (Å²) in [6, 6.07) is 12.6. The minimum Gasteiger partial charge on any atom is -0.465 e. The molecular formula is C19H21Cl2N3O3. The number of rotatable bonds is 9. The van der Waals surface area contributed by atoms with Crippen LogP contribution in [-0.2, 0) is 20.7 Å². The van der Waals surface area contributed by atoms with Gasteiger partial charge in [0.1, 0.15) is 0 Å². The Morgan fingerprint density at radius 3 is 2.44 bits per heavy atom. The maximum Gasteiger partial charge on any atom is 0.310 e. The van der Waals surface area contributed by atoms with Crippen molar-refractivity contribution in [2.24, 2.45) is 5.73 Å². The molecule has 0 heterocycles. The molecule has 0 aliphatic carbocycles. The summed E-state index contributed by atoms with van der Waals surface area (Å²) in [4.78, 5) is 23.1. The number of esters is 1. The smallest absolute Gasteiger partial charge is 0.310 e. The van der Waals surface area contributed by atoms with Gasteiger partial charge in [0, 0.05) is 12.2 Å². The van der Waals surface area contributed by atoms with Crippen LogP contribution in [0, 0.1) is 0 Å². The lowest BCUT2D eigenvalue weighted by Gasteiger charge is -2.14. The van der Waals surface area contributed by atoms with Gasteiger partial charge in [-0.25, -0.2) is 0 Å². The van der Waals surface area contributed by atoms with Gasteiger partial charge in [-0.05, 0) is 30.2 Å². The molecule has 0 unspecified atom stereocenters. The molecule has 4 N–H and O–H groups in total. The van der Waals surface area contributed by atoms with E-state index in [0.717, 1.165) is 11.3 Å². The van der Waals surface area contributed by atoms with Crippen LogP contribution in [0.15, 0.2) is 42.5 Å². The second-order valence-electron chi connectivity index (χ2n) is 5.68. The molecule has 27 heavy (non-hydrogen) atoms. The lowest BCUT2D eigenvalue weighted by atomic mass is 10.1. The molecule has 0 aromatic heterocycles. The van der Waals surface area contributed by atoms with Crippen molar-refractivity contribution in [2.75, 3.05) is 25.0 Å². The number of hydrogen-bond donors (Lipinski definition) is 3. The standard InChI is InChI=1S/C19H21Cl2N3O3/c20-14-6-3-7-15(21)19(14)24-16-8-2-1-5-13(16)11-18(26)27-10-4-9-23-17(25)12-22/h1-3,5-8,24H,4,9-12,22H2,(H,23,25). The number of halogens is 2. The van der Waals surface area contributed by atoms with Gasteiger partial charge >= 0.3 is 5.97 Å². The van der Waals surface area contributed by atoms with Gasteiger partial charge in [-0.15, -0.1) is 0 Å². The molecule has 0 bridgehead atoms. The van der Waals surface area contributed by atoms with Gasteiger partial charge in [0.25, 0.3) is 0 Å². The van der Waals surface area contributed by atoms with E-state index in [9.17, 15) is 9.59 Å². The molecule has 0 atom stereocenters. The van der Waals surface area contributed by atoms with Crippen LogP contribution in [0.5, 0.6) is 0 Å². The molecule has 2 rings (SSSR count). The third kappa shape index (κ3) is 6.75. The van der Waals surface area contributed by atoms with Gasteiger partial charge in [-0.3, -0.25) is 9.59 Å². The summed E-state index contributed by atoms with van der Waals surface area (Å²) in [5.74, 6) is -0.598. The molecule has 144 valence electrons. The zero-order chi connectivity index (χ0) is 19.6. The largest absolute Gasteiger partial charge is 0.465 e. The van der Waals surface area contributed by atoms with Gasteiger partial charge in [0.15, 0.2) is 0 Å². The molecule has 0 aliphatic heterocycles. The van der Waals surface area contributed by atoms with E-state index in [1.165, 1.54) is 0 Å². The number of ether oxygens (including phenoxy) is 1. The highest BCUT2D eigenvalue weighted by Crippen LogP contribution is 2.33. The van der Waals surface area contributed by atoms with Crippen LogP contribution >= 0.6 is 23.2 Å². The first-order valence-electron chi connectivity index (χ1n) is 8.42. The first-order valence-corrected chi connectivity index (χ1v) is 9.18. The fourth-order valence-corrected chi connectivity index (χ4v) is 2.80. The number of para-hydroxylation sites is 2. The molecule has 0 aliphatic rings. The SMILES string of the molecule is NCC(=O)NCCCOC(=O)Cc1ccccc1Nc1c(Cl)cccc1Cl. The Hall–Kier alpha value is -2.28. The Kier molecular flexibility index (Phi) is 8.39. The molecule has 2 aromatic carbocycles. The molecule has 0 saturated heterocycles. The van der Waals surface area contributed by atoms with Crippen LogP contribution < -0.4 is 16.4 Å². The van der Waals surface area contributed by atoms with E-state index in [4.69, 9.17) is 33.7 Å². The van der Waals surface area contributed by atoms with E-state index < -0.39 is 0 Å². The van der Waals surface area contributed by atoms with E-state index >= 15 is 0 Å². The Morgan fingerprint density at radius 1 is 1.04 bits per heavy atom. The van der Waals surface area contributed by atoms with Crippen molar-refractivity contribution in [2.45, 2.75) is 12.8 Å².